The topological polar surface area (TPSA) is 53.8 Å². The van der Waals surface area contributed by atoms with E-state index in [2.05, 4.69) is 60.3 Å². The fourth-order valence-corrected chi connectivity index (χ4v) is 5.81. The van der Waals surface area contributed by atoms with Crippen molar-refractivity contribution in [2.75, 3.05) is 36.1 Å². The molecule has 0 saturated carbocycles. The van der Waals surface area contributed by atoms with Gasteiger partial charge in [0.2, 0.25) is 0 Å². The minimum atomic E-state index is -0.310. The van der Waals surface area contributed by atoms with E-state index in [1.807, 2.05) is 30.3 Å². The van der Waals surface area contributed by atoms with Crippen LogP contribution in [0.15, 0.2) is 87.9 Å². The minimum absolute atomic E-state index is 0.219. The van der Waals surface area contributed by atoms with Gasteiger partial charge in [-0.3, -0.25) is 4.98 Å². The van der Waals surface area contributed by atoms with E-state index in [1.54, 1.807) is 12.3 Å². The molecule has 2 aliphatic heterocycles. The van der Waals surface area contributed by atoms with Crippen LogP contribution in [0, 0.1) is 5.82 Å². The van der Waals surface area contributed by atoms with Crippen LogP contribution in [0.3, 0.4) is 0 Å². The average Bonchev–Trinajstić information content (AvgIpc) is 3.54. The van der Waals surface area contributed by atoms with Gasteiger partial charge in [0.25, 0.3) is 0 Å². The summed E-state index contributed by atoms with van der Waals surface area (Å²) in [6, 6.07) is 22.2. The second kappa shape index (κ2) is 10.2. The van der Waals surface area contributed by atoms with Crippen molar-refractivity contribution in [1.82, 2.24) is 10.3 Å². The molecule has 0 radical (unpaired) electrons. The lowest BCUT2D eigenvalue weighted by Crippen LogP contribution is -2.36. The van der Waals surface area contributed by atoms with Gasteiger partial charge in [-0.25, -0.2) is 4.39 Å². The van der Waals surface area contributed by atoms with Crippen LogP contribution < -0.4 is 15.1 Å². The van der Waals surface area contributed by atoms with Gasteiger partial charge >= 0.3 is 0 Å². The highest BCUT2D eigenvalue weighted by Gasteiger charge is 2.42. The van der Waals surface area contributed by atoms with E-state index in [0.29, 0.717) is 15.3 Å². The lowest BCUT2D eigenvalue weighted by atomic mass is 10.0. The predicted octanol–water partition coefficient (Wildman–Crippen LogP) is 6.26. The van der Waals surface area contributed by atoms with Crippen LogP contribution >= 0.6 is 28.1 Å². The first-order valence-electron chi connectivity index (χ1n) is 12.1. The van der Waals surface area contributed by atoms with Gasteiger partial charge in [0.1, 0.15) is 23.4 Å². The molecule has 6 rings (SSSR count). The monoisotopic (exact) mass is 578 g/mol. The third-order valence-electron chi connectivity index (χ3n) is 6.72. The highest BCUT2D eigenvalue weighted by molar-refractivity contribution is 9.10. The number of aromatic nitrogens is 1. The fourth-order valence-electron chi connectivity index (χ4n) is 4.91. The summed E-state index contributed by atoms with van der Waals surface area (Å²) in [6.07, 6.45) is 1.78. The zero-order valence-electron chi connectivity index (χ0n) is 19.8. The Hall–Kier alpha value is -3.27. The van der Waals surface area contributed by atoms with Crippen LogP contribution in [0.25, 0.3) is 11.3 Å². The number of benzene rings is 2. The number of halogens is 2. The van der Waals surface area contributed by atoms with Crippen LogP contribution in [0.5, 0.6) is 0 Å². The highest BCUT2D eigenvalue weighted by Crippen LogP contribution is 2.43. The van der Waals surface area contributed by atoms with E-state index in [0.717, 1.165) is 54.7 Å². The van der Waals surface area contributed by atoms with Gasteiger partial charge in [-0.1, -0.05) is 6.07 Å². The summed E-state index contributed by atoms with van der Waals surface area (Å²) in [7, 11) is 0. The lowest BCUT2D eigenvalue weighted by molar-refractivity contribution is 0.122. The van der Waals surface area contributed by atoms with Crippen molar-refractivity contribution in [3.63, 3.8) is 0 Å². The summed E-state index contributed by atoms with van der Waals surface area (Å²) in [5, 5.41) is 4.06. The first-order valence-corrected chi connectivity index (χ1v) is 13.3. The van der Waals surface area contributed by atoms with Gasteiger partial charge in [0, 0.05) is 40.7 Å². The van der Waals surface area contributed by atoms with Gasteiger partial charge in [-0.05, 0) is 94.9 Å². The number of hydrogen-bond acceptors (Lipinski definition) is 5. The van der Waals surface area contributed by atoms with Gasteiger partial charge < -0.3 is 24.3 Å². The molecule has 2 aromatic heterocycles. The third-order valence-corrected chi connectivity index (χ3v) is 7.69. The van der Waals surface area contributed by atoms with Gasteiger partial charge in [-0.2, -0.15) is 0 Å². The summed E-state index contributed by atoms with van der Waals surface area (Å²) in [5.41, 5.74) is 3.75. The molecule has 4 aromatic rings. The minimum Gasteiger partial charge on any atom is -0.459 e. The highest BCUT2D eigenvalue weighted by atomic mass is 79.9. The summed E-state index contributed by atoms with van der Waals surface area (Å²) in [6.45, 7) is 3.23. The number of rotatable bonds is 5. The summed E-state index contributed by atoms with van der Waals surface area (Å²) in [5.74, 6) is 1.06. The van der Waals surface area contributed by atoms with Crippen LogP contribution in [0.2, 0.25) is 0 Å². The second-order valence-corrected chi connectivity index (χ2v) is 10.2. The molecule has 188 valence electrons. The Morgan fingerprint density at radius 3 is 2.49 bits per heavy atom. The molecule has 6 nitrogen and oxygen atoms in total. The molecule has 0 aliphatic carbocycles. The molecule has 2 aromatic carbocycles. The molecule has 2 saturated heterocycles. The molecule has 37 heavy (non-hydrogen) atoms. The number of nitrogens with one attached hydrogen (secondary N) is 1. The number of nitrogens with zero attached hydrogens (tertiary/aromatic N) is 3. The van der Waals surface area contributed by atoms with E-state index in [-0.39, 0.29) is 17.9 Å². The number of anilines is 2. The first kappa shape index (κ1) is 24.1. The van der Waals surface area contributed by atoms with Crippen molar-refractivity contribution < 1.29 is 13.5 Å². The molecule has 2 aliphatic rings. The van der Waals surface area contributed by atoms with Crippen LogP contribution in [-0.2, 0) is 4.74 Å². The number of hydrogen-bond donors (Lipinski definition) is 1. The normalized spacial score (nSPS) is 19.8. The molecule has 0 spiro atoms. The van der Waals surface area contributed by atoms with Gasteiger partial charge in [-0.15, -0.1) is 0 Å². The van der Waals surface area contributed by atoms with Crippen molar-refractivity contribution in [2.24, 2.45) is 0 Å². The maximum Gasteiger partial charge on any atom is 0.174 e. The Balaban J connectivity index is 1.38. The van der Waals surface area contributed by atoms with Crippen LogP contribution in [0.1, 0.15) is 23.5 Å². The Kier molecular flexibility index (Phi) is 6.67. The summed E-state index contributed by atoms with van der Waals surface area (Å²) < 4.78 is 26.2. The SMILES string of the molecule is Fc1ccc(-c2ccc(C3C(c4ccccn4)NC(=S)N3c3ccc(N4CCOCC4)cc3)o2)c(Br)c1. The fraction of sp³-hybridized carbons (Fsp3) is 0.214. The zero-order chi connectivity index (χ0) is 25.4. The second-order valence-electron chi connectivity index (χ2n) is 8.94. The van der Waals surface area contributed by atoms with Crippen molar-refractivity contribution in [2.45, 2.75) is 12.1 Å². The summed E-state index contributed by atoms with van der Waals surface area (Å²) >= 11 is 9.30. The molecule has 1 N–H and O–H groups in total. The van der Waals surface area contributed by atoms with E-state index >= 15 is 0 Å². The van der Waals surface area contributed by atoms with E-state index < -0.39 is 0 Å². The van der Waals surface area contributed by atoms with Gasteiger partial charge in [0.05, 0.1) is 24.9 Å². The quantitative estimate of drug-likeness (QED) is 0.280. The predicted molar refractivity (Wildman–Crippen MR) is 149 cm³/mol. The average molecular weight is 579 g/mol. The number of furan rings is 1. The largest absolute Gasteiger partial charge is 0.459 e. The van der Waals surface area contributed by atoms with E-state index in [9.17, 15) is 4.39 Å². The van der Waals surface area contributed by atoms with E-state index in [1.165, 1.54) is 12.1 Å². The molecule has 0 bridgehead atoms. The lowest BCUT2D eigenvalue weighted by Gasteiger charge is -2.30. The Morgan fingerprint density at radius 2 is 1.76 bits per heavy atom. The smallest absolute Gasteiger partial charge is 0.174 e. The first-order chi connectivity index (χ1) is 18.1. The van der Waals surface area contributed by atoms with Crippen molar-refractivity contribution in [3.8, 4) is 11.3 Å². The van der Waals surface area contributed by atoms with Crippen molar-refractivity contribution >= 4 is 44.6 Å². The molecular weight excluding hydrogens is 555 g/mol. The maximum atomic E-state index is 13.7. The molecule has 4 heterocycles. The maximum absolute atomic E-state index is 13.7. The molecule has 9 heteroatoms. The van der Waals surface area contributed by atoms with Crippen molar-refractivity contribution in [3.05, 3.63) is 101 Å². The molecule has 2 unspecified atom stereocenters. The Bertz CT molecular complexity index is 1410. The number of morpholine rings is 1. The number of thiocarbonyl (C=S) groups is 1. The van der Waals surface area contributed by atoms with Crippen LogP contribution in [-0.4, -0.2) is 36.4 Å². The number of ether oxygens (including phenoxy) is 1. The number of pyridine rings is 1. The summed E-state index contributed by atoms with van der Waals surface area (Å²) in [4.78, 5) is 9.01. The molecule has 2 fully saturated rings. The Morgan fingerprint density at radius 1 is 0.973 bits per heavy atom. The van der Waals surface area contributed by atoms with Gasteiger partial charge in [0.15, 0.2) is 5.11 Å². The standard InChI is InChI=1S/C28H24BrFN4O2S/c29-22-17-18(30)4-9-21(22)24-10-11-25(36-24)27-26(23-3-1-2-12-31-23)32-28(37)34(27)20-7-5-19(6-8-20)33-13-15-35-16-14-33/h1-12,17,26-27H,13-16H2,(H,32,37). The third kappa shape index (κ3) is 4.74. The molecule has 2 atom stereocenters. The molecular formula is C28H24BrFN4O2S. The van der Waals surface area contributed by atoms with E-state index in [4.69, 9.17) is 21.4 Å². The van der Waals surface area contributed by atoms with Crippen molar-refractivity contribution in [1.29, 1.82) is 0 Å². The Labute approximate surface area is 228 Å². The molecule has 0 amide bonds. The zero-order valence-corrected chi connectivity index (χ0v) is 22.2. The van der Waals surface area contributed by atoms with Crippen LogP contribution in [0.4, 0.5) is 15.8 Å².